The van der Waals surface area contributed by atoms with Crippen LogP contribution in [0.15, 0.2) is 22.8 Å². The predicted octanol–water partition coefficient (Wildman–Crippen LogP) is 1.24. The topological polar surface area (TPSA) is 123 Å². The van der Waals surface area contributed by atoms with Crippen LogP contribution in [-0.4, -0.2) is 65.6 Å². The number of aliphatic hydroxyl groups excluding tert-OH is 1. The molecule has 0 radical (unpaired) electrons. The van der Waals surface area contributed by atoms with E-state index in [9.17, 15) is 20.0 Å². The Balaban J connectivity index is 1.56. The van der Waals surface area contributed by atoms with Gasteiger partial charge in [0.25, 0.3) is 0 Å². The van der Waals surface area contributed by atoms with E-state index in [1.54, 1.807) is 13.2 Å². The van der Waals surface area contributed by atoms with E-state index < -0.39 is 17.9 Å². The molecule has 2 N–H and O–H groups in total. The van der Waals surface area contributed by atoms with E-state index in [0.717, 1.165) is 42.5 Å². The van der Waals surface area contributed by atoms with Gasteiger partial charge in [-0.05, 0) is 55.9 Å². The first-order valence-electron chi connectivity index (χ1n) is 11.0. The van der Waals surface area contributed by atoms with Crippen molar-refractivity contribution in [2.24, 2.45) is 0 Å². The van der Waals surface area contributed by atoms with Gasteiger partial charge in [-0.2, -0.15) is 5.26 Å². The van der Waals surface area contributed by atoms with Gasteiger partial charge in [-0.25, -0.2) is 4.98 Å². The van der Waals surface area contributed by atoms with Crippen LogP contribution in [0.25, 0.3) is 11.5 Å². The summed E-state index contributed by atoms with van der Waals surface area (Å²) in [5, 5.41) is 21.7. The van der Waals surface area contributed by atoms with Gasteiger partial charge in [0.1, 0.15) is 17.6 Å². The molecule has 1 aliphatic carbocycles. The number of piperazine rings is 1. The van der Waals surface area contributed by atoms with Crippen LogP contribution in [0.1, 0.15) is 36.5 Å². The number of nitriles is 1. The molecule has 2 amide bonds. The quantitative estimate of drug-likeness (QED) is 0.690. The lowest BCUT2D eigenvalue weighted by Gasteiger charge is -2.36. The lowest BCUT2D eigenvalue weighted by atomic mass is 9.87. The highest BCUT2D eigenvalue weighted by atomic mass is 16.3. The van der Waals surface area contributed by atoms with Gasteiger partial charge in [-0.3, -0.25) is 9.59 Å². The molecule has 2 aromatic heterocycles. The van der Waals surface area contributed by atoms with Crippen molar-refractivity contribution in [2.45, 2.75) is 38.7 Å². The lowest BCUT2D eigenvalue weighted by Crippen LogP contribution is -2.53. The first-order valence-corrected chi connectivity index (χ1v) is 11.0. The number of hydrogen-bond donors (Lipinski definition) is 2. The summed E-state index contributed by atoms with van der Waals surface area (Å²) in [5.74, 6) is -0.0211. The van der Waals surface area contributed by atoms with Gasteiger partial charge in [0.15, 0.2) is 5.76 Å². The first kappa shape index (κ1) is 21.8. The van der Waals surface area contributed by atoms with Crippen molar-refractivity contribution in [2.75, 3.05) is 37.6 Å². The fourth-order valence-electron chi connectivity index (χ4n) is 4.35. The highest BCUT2D eigenvalue weighted by molar-refractivity contribution is 6.35. The number of anilines is 1. The number of rotatable bonds is 4. The molecule has 1 saturated heterocycles. The van der Waals surface area contributed by atoms with Gasteiger partial charge in [0, 0.05) is 32.7 Å². The molecule has 9 nitrogen and oxygen atoms in total. The number of furan rings is 1. The van der Waals surface area contributed by atoms with Crippen LogP contribution in [0.3, 0.4) is 0 Å². The minimum absolute atomic E-state index is 0.0324. The fraction of sp³-hybridized carbons (Fsp3) is 0.478. The molecule has 1 unspecified atom stereocenters. The van der Waals surface area contributed by atoms with Crippen LogP contribution in [0.2, 0.25) is 0 Å². The van der Waals surface area contributed by atoms with Crippen molar-refractivity contribution >= 4 is 17.6 Å². The number of fused-ring (bicyclic) bond motifs is 1. The Hall–Kier alpha value is -3.38. The van der Waals surface area contributed by atoms with Crippen LogP contribution < -0.4 is 10.2 Å². The van der Waals surface area contributed by atoms with Gasteiger partial charge < -0.3 is 24.6 Å². The summed E-state index contributed by atoms with van der Waals surface area (Å²) in [5.41, 5.74) is 3.53. The number of carbonyl (C=O) groups is 2. The second kappa shape index (κ2) is 9.40. The summed E-state index contributed by atoms with van der Waals surface area (Å²) in [7, 11) is 0. The zero-order valence-corrected chi connectivity index (χ0v) is 18.1. The van der Waals surface area contributed by atoms with Gasteiger partial charge >= 0.3 is 11.8 Å². The summed E-state index contributed by atoms with van der Waals surface area (Å²) in [6.07, 6.45) is 4.71. The molecule has 4 rings (SSSR count). The Morgan fingerprint density at radius 2 is 1.97 bits per heavy atom. The molecule has 2 aromatic rings. The molecule has 32 heavy (non-hydrogen) atoms. The predicted molar refractivity (Wildman–Crippen MR) is 117 cm³/mol. The summed E-state index contributed by atoms with van der Waals surface area (Å²) < 4.78 is 5.64. The van der Waals surface area contributed by atoms with Gasteiger partial charge in [0.05, 0.1) is 17.9 Å². The molecule has 2 aliphatic rings. The second-order valence-corrected chi connectivity index (χ2v) is 8.25. The smallest absolute Gasteiger partial charge is 0.312 e. The Kier molecular flexibility index (Phi) is 6.42. The number of aliphatic hydroxyl groups is 1. The Morgan fingerprint density at radius 3 is 2.59 bits per heavy atom. The standard InChI is InChI=1S/C23H27N5O4/c1-15(29)14-25-22(30)23(31)28-10-8-27(9-11-28)21-18(13-24)16-5-2-3-6-17(16)20(26-21)19-7-4-12-32-19/h4,7,12,15,29H,2-3,5-6,8-11,14H2,1H3,(H,25,30). The number of carbonyl (C=O) groups excluding carboxylic acids is 2. The summed E-state index contributed by atoms with van der Waals surface area (Å²) in [6, 6.07) is 6.08. The molecule has 1 aliphatic heterocycles. The molecule has 0 saturated carbocycles. The number of nitrogens with one attached hydrogen (secondary N) is 1. The third kappa shape index (κ3) is 4.32. The Morgan fingerprint density at radius 1 is 1.25 bits per heavy atom. The normalized spacial score (nSPS) is 16.8. The zero-order valence-electron chi connectivity index (χ0n) is 18.1. The average Bonchev–Trinajstić information content (AvgIpc) is 3.36. The molecule has 1 atom stereocenters. The summed E-state index contributed by atoms with van der Waals surface area (Å²) >= 11 is 0. The molecule has 0 spiro atoms. The maximum absolute atomic E-state index is 12.4. The zero-order chi connectivity index (χ0) is 22.7. The second-order valence-electron chi connectivity index (χ2n) is 8.25. The van der Waals surface area contributed by atoms with Crippen molar-refractivity contribution in [1.82, 2.24) is 15.2 Å². The number of nitrogens with zero attached hydrogens (tertiary/aromatic N) is 4. The van der Waals surface area contributed by atoms with Crippen LogP contribution >= 0.6 is 0 Å². The van der Waals surface area contributed by atoms with Crippen LogP contribution in [-0.2, 0) is 22.4 Å². The Labute approximate surface area is 186 Å². The fourth-order valence-corrected chi connectivity index (χ4v) is 4.35. The third-order valence-electron chi connectivity index (χ3n) is 5.98. The van der Waals surface area contributed by atoms with E-state index in [-0.39, 0.29) is 6.54 Å². The summed E-state index contributed by atoms with van der Waals surface area (Å²) in [6.45, 7) is 3.20. The Bertz CT molecular complexity index is 1030. The number of aromatic nitrogens is 1. The molecule has 0 bridgehead atoms. The lowest BCUT2D eigenvalue weighted by molar-refractivity contribution is -0.146. The average molecular weight is 438 g/mol. The number of pyridine rings is 1. The maximum Gasteiger partial charge on any atom is 0.312 e. The van der Waals surface area contributed by atoms with Crippen LogP contribution in [0, 0.1) is 11.3 Å². The monoisotopic (exact) mass is 437 g/mol. The molecule has 3 heterocycles. The SMILES string of the molecule is CC(O)CNC(=O)C(=O)N1CCN(c2nc(-c3ccco3)c3c(c2C#N)CCCC3)CC1. The van der Waals surface area contributed by atoms with Gasteiger partial charge in [-0.15, -0.1) is 0 Å². The molecule has 0 aromatic carbocycles. The third-order valence-corrected chi connectivity index (χ3v) is 5.98. The van der Waals surface area contributed by atoms with E-state index in [2.05, 4.69) is 11.4 Å². The van der Waals surface area contributed by atoms with E-state index >= 15 is 0 Å². The van der Waals surface area contributed by atoms with Crippen LogP contribution in [0.4, 0.5) is 5.82 Å². The molecular weight excluding hydrogens is 410 g/mol. The maximum atomic E-state index is 12.4. The van der Waals surface area contributed by atoms with Gasteiger partial charge in [0.2, 0.25) is 0 Å². The van der Waals surface area contributed by atoms with E-state index in [0.29, 0.717) is 43.3 Å². The van der Waals surface area contributed by atoms with Crippen molar-refractivity contribution in [1.29, 1.82) is 5.26 Å². The number of hydrogen-bond acceptors (Lipinski definition) is 7. The van der Waals surface area contributed by atoms with E-state index in [1.807, 2.05) is 17.0 Å². The largest absolute Gasteiger partial charge is 0.463 e. The molecule has 1 fully saturated rings. The minimum Gasteiger partial charge on any atom is -0.463 e. The van der Waals surface area contributed by atoms with Crippen molar-refractivity contribution in [3.8, 4) is 17.5 Å². The minimum atomic E-state index is -0.718. The van der Waals surface area contributed by atoms with Gasteiger partial charge in [-0.1, -0.05) is 0 Å². The van der Waals surface area contributed by atoms with Crippen molar-refractivity contribution < 1.29 is 19.1 Å². The van der Waals surface area contributed by atoms with Crippen molar-refractivity contribution in [3.05, 3.63) is 35.1 Å². The van der Waals surface area contributed by atoms with E-state index in [1.165, 1.54) is 4.90 Å². The van der Waals surface area contributed by atoms with Crippen molar-refractivity contribution in [3.63, 3.8) is 0 Å². The first-order chi connectivity index (χ1) is 15.5. The number of amides is 2. The highest BCUT2D eigenvalue weighted by Crippen LogP contribution is 2.36. The highest BCUT2D eigenvalue weighted by Gasteiger charge is 2.30. The molecule has 9 heteroatoms. The molecule has 168 valence electrons. The molecular formula is C23H27N5O4. The van der Waals surface area contributed by atoms with Crippen LogP contribution in [0.5, 0.6) is 0 Å². The summed E-state index contributed by atoms with van der Waals surface area (Å²) in [4.78, 5) is 32.8. The van der Waals surface area contributed by atoms with E-state index in [4.69, 9.17) is 9.40 Å².